The number of ketones is 1. The zero-order valence-electron chi connectivity index (χ0n) is 36.4. The van der Waals surface area contributed by atoms with Gasteiger partial charge in [-0.2, -0.15) is 0 Å². The Bertz CT molecular complexity index is 1470. The first-order valence-electron chi connectivity index (χ1n) is 22.0. The molecule has 0 saturated carbocycles. The van der Waals surface area contributed by atoms with Gasteiger partial charge < -0.3 is 49.6 Å². The number of carboxylic acid groups (broad SMARTS) is 1. The first kappa shape index (κ1) is 46.4. The van der Waals surface area contributed by atoms with Crippen LogP contribution in [0.25, 0.3) is 0 Å². The quantitative estimate of drug-likeness (QED) is 0.104. The van der Waals surface area contributed by atoms with Crippen LogP contribution in [0.3, 0.4) is 0 Å². The third-order valence-corrected chi connectivity index (χ3v) is 15.3. The molecule has 4 saturated heterocycles. The topological polar surface area (TPSA) is 165 Å². The van der Waals surface area contributed by atoms with Gasteiger partial charge in [0.25, 0.3) is 0 Å². The van der Waals surface area contributed by atoms with Crippen LogP contribution in [0.15, 0.2) is 12.2 Å². The first-order chi connectivity index (χ1) is 26.7. The number of carbonyl (C=O) groups excluding carboxylic acids is 1. The molecule has 326 valence electrons. The van der Waals surface area contributed by atoms with Crippen LogP contribution >= 0.6 is 12.2 Å². The number of Topliss-reactive ketones (excluding diaryl/α,β-unsaturated/α-hetero) is 1. The molecule has 4 fully saturated rings. The van der Waals surface area contributed by atoms with Gasteiger partial charge in [0.15, 0.2) is 16.7 Å². The Balaban J connectivity index is 1.37. The molecular formula is C44H74N2O10S. The predicted octanol–water partition coefficient (Wildman–Crippen LogP) is 6.29. The minimum absolute atomic E-state index is 0.0237. The van der Waals surface area contributed by atoms with Crippen LogP contribution in [-0.4, -0.2) is 105 Å². The van der Waals surface area contributed by atoms with Crippen LogP contribution in [-0.2, 0) is 33.3 Å². The van der Waals surface area contributed by atoms with Crippen molar-refractivity contribution >= 4 is 29.1 Å². The molecule has 5 aliphatic heterocycles. The van der Waals surface area contributed by atoms with Gasteiger partial charge in [-0.3, -0.25) is 9.59 Å². The van der Waals surface area contributed by atoms with Crippen molar-refractivity contribution in [2.75, 3.05) is 7.05 Å². The molecule has 18 atom stereocenters. The lowest BCUT2D eigenvalue weighted by Gasteiger charge is -2.55. The SMILES string of the molecule is CC[C@@H](C(=O)[C@@H](C)[C@@H](O)[C@H](C)[C@@H]1O[C@@H]([C@@H](CC)C(=O)O)CC[C@@H]1C)[C@H]1O[C@]2(C=C[C@@H](NC(=S)NC)[C@]3(CC[C@@](C)([C@H]4CC[C@](O)(CC)[C@H](C)O4)O3)O2)[C@H](C)C[C@@H]1C. The molecule has 5 heterocycles. The smallest absolute Gasteiger partial charge is 0.309 e. The molecule has 57 heavy (non-hydrogen) atoms. The van der Waals surface area contributed by atoms with Crippen molar-refractivity contribution < 1.29 is 48.6 Å². The molecule has 5 aliphatic rings. The molecule has 0 amide bonds. The fourth-order valence-corrected chi connectivity index (χ4v) is 11.0. The highest BCUT2D eigenvalue weighted by Gasteiger charge is 2.63. The van der Waals surface area contributed by atoms with E-state index in [0.29, 0.717) is 56.5 Å². The summed E-state index contributed by atoms with van der Waals surface area (Å²) in [7, 11) is 1.77. The molecular weight excluding hydrogens is 749 g/mol. The van der Waals surface area contributed by atoms with E-state index in [1.807, 2.05) is 46.8 Å². The van der Waals surface area contributed by atoms with Crippen LogP contribution < -0.4 is 10.6 Å². The Labute approximate surface area is 346 Å². The summed E-state index contributed by atoms with van der Waals surface area (Å²) in [6.07, 6.45) is 7.36. The predicted molar refractivity (Wildman–Crippen MR) is 221 cm³/mol. The average molecular weight is 823 g/mol. The Morgan fingerprint density at radius 3 is 2.21 bits per heavy atom. The standard InChI is InChI=1S/C44H74N2O10S/c1-12-30(39(49)50)32-16-15-24(4)37(53-32)28(8)35(47)27(7)36(48)31(13-2)38-25(5)23-26(6)43(54-38)20-17-33(46-40(57)45-11)44(56-43)22-21-41(10,55-44)34-18-19-42(51,14-3)29(9)52-34/h17,20,24-35,37-38,47,51H,12-16,18-19,21-23H2,1-11H3,(H,49,50)(H2,45,46,57)/t24-,25-,26+,27-,28-,29-,30+,31-,32+,33+,34+,35+,37+,38-,41-,42+,43-,44-/m0/s1. The van der Waals surface area contributed by atoms with Crippen molar-refractivity contribution in [1.29, 1.82) is 0 Å². The number of thiocarbonyl (C=S) groups is 1. The summed E-state index contributed by atoms with van der Waals surface area (Å²) in [5.74, 6) is -5.47. The second-order valence-electron chi connectivity index (χ2n) is 18.7. The number of hydrogen-bond donors (Lipinski definition) is 5. The van der Waals surface area contributed by atoms with E-state index in [-0.39, 0.29) is 47.8 Å². The minimum atomic E-state index is -1.20. The van der Waals surface area contributed by atoms with Crippen LogP contribution in [0, 0.1) is 41.4 Å². The Hall–Kier alpha value is -1.71. The Morgan fingerprint density at radius 1 is 0.930 bits per heavy atom. The maximum absolute atomic E-state index is 14.6. The van der Waals surface area contributed by atoms with Gasteiger partial charge in [0.2, 0.25) is 0 Å². The second kappa shape index (κ2) is 18.1. The molecule has 0 aromatic rings. The molecule has 0 aliphatic carbocycles. The molecule has 13 heteroatoms. The number of aliphatic hydroxyl groups excluding tert-OH is 1. The minimum Gasteiger partial charge on any atom is -0.481 e. The summed E-state index contributed by atoms with van der Waals surface area (Å²) >= 11 is 5.58. The van der Waals surface area contributed by atoms with Gasteiger partial charge in [-0.1, -0.05) is 61.5 Å². The highest BCUT2D eigenvalue weighted by Crippen LogP contribution is 2.54. The van der Waals surface area contributed by atoms with Crippen LogP contribution in [0.5, 0.6) is 0 Å². The molecule has 0 radical (unpaired) electrons. The Morgan fingerprint density at radius 2 is 1.61 bits per heavy atom. The first-order valence-corrected chi connectivity index (χ1v) is 22.4. The van der Waals surface area contributed by atoms with Gasteiger partial charge in [0.05, 0.1) is 53.7 Å². The molecule has 5 N–H and O–H groups in total. The van der Waals surface area contributed by atoms with E-state index in [1.54, 1.807) is 14.0 Å². The third kappa shape index (κ3) is 9.02. The van der Waals surface area contributed by atoms with Crippen LogP contribution in [0.1, 0.15) is 133 Å². The average Bonchev–Trinajstić information content (AvgIpc) is 3.52. The second-order valence-corrected chi connectivity index (χ2v) is 19.1. The summed E-state index contributed by atoms with van der Waals surface area (Å²) in [6, 6.07) is -0.445. The summed E-state index contributed by atoms with van der Waals surface area (Å²) in [5, 5.41) is 39.7. The summed E-state index contributed by atoms with van der Waals surface area (Å²) in [4.78, 5) is 26.6. The zero-order chi connectivity index (χ0) is 42.2. The number of rotatable bonds is 13. The molecule has 2 spiro atoms. The highest BCUT2D eigenvalue weighted by atomic mass is 32.1. The summed E-state index contributed by atoms with van der Waals surface area (Å²) in [6.45, 7) is 19.9. The van der Waals surface area contributed by atoms with E-state index in [0.717, 1.165) is 12.8 Å². The maximum Gasteiger partial charge on any atom is 0.309 e. The van der Waals surface area contributed by atoms with Crippen LogP contribution in [0.4, 0.5) is 0 Å². The number of carbonyl (C=O) groups is 2. The molecule has 5 rings (SSSR count). The van der Waals surface area contributed by atoms with Crippen molar-refractivity contribution in [2.24, 2.45) is 41.4 Å². The van der Waals surface area contributed by atoms with E-state index in [2.05, 4.69) is 38.3 Å². The van der Waals surface area contributed by atoms with E-state index in [4.69, 9.17) is 35.9 Å². The summed E-state index contributed by atoms with van der Waals surface area (Å²) < 4.78 is 34.5. The van der Waals surface area contributed by atoms with Crippen molar-refractivity contribution in [3.63, 3.8) is 0 Å². The fraction of sp³-hybridized carbons (Fsp3) is 0.886. The highest BCUT2D eigenvalue weighted by molar-refractivity contribution is 7.80. The number of aliphatic carboxylic acids is 1. The zero-order valence-corrected chi connectivity index (χ0v) is 37.2. The number of carboxylic acids is 1. The maximum atomic E-state index is 14.6. The number of hydrogen-bond acceptors (Lipinski definition) is 10. The van der Waals surface area contributed by atoms with Gasteiger partial charge in [-0.05, 0) is 102 Å². The molecule has 0 bridgehead atoms. The lowest BCUT2D eigenvalue weighted by Crippen LogP contribution is -2.66. The van der Waals surface area contributed by atoms with Gasteiger partial charge in [0.1, 0.15) is 11.8 Å². The van der Waals surface area contributed by atoms with E-state index in [9.17, 15) is 24.9 Å². The Kier molecular flexibility index (Phi) is 14.7. The lowest BCUT2D eigenvalue weighted by molar-refractivity contribution is -0.397. The van der Waals surface area contributed by atoms with Crippen LogP contribution in [0.2, 0.25) is 0 Å². The van der Waals surface area contributed by atoms with Gasteiger partial charge in [-0.25, -0.2) is 0 Å². The largest absolute Gasteiger partial charge is 0.481 e. The third-order valence-electron chi connectivity index (χ3n) is 15.0. The van der Waals surface area contributed by atoms with Gasteiger partial charge in [0, 0.05) is 37.1 Å². The van der Waals surface area contributed by atoms with Crippen molar-refractivity contribution in [1.82, 2.24) is 10.6 Å². The van der Waals surface area contributed by atoms with Gasteiger partial charge >= 0.3 is 5.97 Å². The number of nitrogens with one attached hydrogen (secondary N) is 2. The number of ether oxygens (including phenoxy) is 5. The van der Waals surface area contributed by atoms with Gasteiger partial charge in [-0.15, -0.1) is 0 Å². The fourth-order valence-electron chi connectivity index (χ4n) is 10.9. The van der Waals surface area contributed by atoms with E-state index < -0.39 is 70.9 Å². The molecule has 0 aromatic heterocycles. The lowest BCUT2D eigenvalue weighted by atomic mass is 9.72. The monoisotopic (exact) mass is 823 g/mol. The summed E-state index contributed by atoms with van der Waals surface area (Å²) in [5.41, 5.74) is -1.59. The molecule has 12 nitrogen and oxygen atoms in total. The van der Waals surface area contributed by atoms with Crippen molar-refractivity contribution in [3.8, 4) is 0 Å². The normalized spacial score (nSPS) is 43.6. The molecule has 0 unspecified atom stereocenters. The van der Waals surface area contributed by atoms with E-state index >= 15 is 0 Å². The van der Waals surface area contributed by atoms with E-state index in [1.165, 1.54) is 0 Å². The van der Waals surface area contributed by atoms with Crippen molar-refractivity contribution in [3.05, 3.63) is 12.2 Å². The molecule has 0 aromatic carbocycles. The number of aliphatic hydroxyl groups is 2. The van der Waals surface area contributed by atoms with Crippen molar-refractivity contribution in [2.45, 2.75) is 199 Å².